The highest BCUT2D eigenvalue weighted by Gasteiger charge is 2.34. The molecule has 33 heavy (non-hydrogen) atoms. The molecule has 0 spiro atoms. The molecule has 2 aromatic carbocycles. The number of benzene rings is 2. The summed E-state index contributed by atoms with van der Waals surface area (Å²) < 4.78 is 12.1. The molecule has 0 unspecified atom stereocenters. The summed E-state index contributed by atoms with van der Waals surface area (Å²) in [6.45, 7) is 9.27. The molecule has 1 aliphatic heterocycles. The van der Waals surface area contributed by atoms with Gasteiger partial charge in [-0.1, -0.05) is 31.5 Å². The first-order valence-electron chi connectivity index (χ1n) is 10.7. The summed E-state index contributed by atoms with van der Waals surface area (Å²) in [4.78, 5) is 16.5. The number of fused-ring (bicyclic) bond motifs is 1. The molecule has 1 amide bonds. The number of aliphatic imine (C=N–C) groups is 1. The fraction of sp³-hybridized carbons (Fsp3) is 0.360. The van der Waals surface area contributed by atoms with Gasteiger partial charge in [0.25, 0.3) is 5.91 Å². The Morgan fingerprint density at radius 1 is 1.27 bits per heavy atom. The third-order valence-electron chi connectivity index (χ3n) is 4.30. The minimum Gasteiger partial charge on any atom is -0.487 e. The van der Waals surface area contributed by atoms with Crippen LogP contribution in [0.5, 0.6) is 17.2 Å². The number of aliphatic hydroxyl groups is 2. The van der Waals surface area contributed by atoms with Crippen LogP contribution in [0.3, 0.4) is 0 Å². The topological polar surface area (TPSA) is 126 Å². The number of amides is 1. The Morgan fingerprint density at radius 3 is 2.45 bits per heavy atom. The highest BCUT2D eigenvalue weighted by Crippen LogP contribution is 2.43. The van der Waals surface area contributed by atoms with E-state index >= 15 is 0 Å². The van der Waals surface area contributed by atoms with Gasteiger partial charge in [0.05, 0.1) is 0 Å². The van der Waals surface area contributed by atoms with E-state index in [2.05, 4.69) is 10.3 Å². The average molecular weight is 460 g/mol. The zero-order chi connectivity index (χ0) is 25.0. The van der Waals surface area contributed by atoms with Crippen LogP contribution in [-0.2, 0) is 6.42 Å². The Bertz CT molecular complexity index is 973. The largest absolute Gasteiger partial charge is 0.487 e. The monoisotopic (exact) mass is 459 g/mol. The number of nitrogens with zero attached hydrogens (tertiary/aromatic N) is 1. The summed E-state index contributed by atoms with van der Waals surface area (Å²) in [5.41, 5.74) is 7.85. The maximum absolute atomic E-state index is 12.6. The highest BCUT2D eigenvalue weighted by molar-refractivity contribution is 6.06. The van der Waals surface area contributed by atoms with Gasteiger partial charge in [-0.15, -0.1) is 0 Å². The molecule has 2 aromatic rings. The Morgan fingerprint density at radius 2 is 1.88 bits per heavy atom. The van der Waals surface area contributed by atoms with E-state index < -0.39 is 12.7 Å². The number of hydrogen-bond acceptors (Lipinski definition) is 6. The van der Waals surface area contributed by atoms with Gasteiger partial charge in [0, 0.05) is 26.0 Å². The van der Waals surface area contributed by atoms with Crippen LogP contribution in [0, 0.1) is 6.92 Å². The Balaban J connectivity index is 0.00000168. The lowest BCUT2D eigenvalue weighted by Gasteiger charge is -2.16. The van der Waals surface area contributed by atoms with Crippen molar-refractivity contribution in [3.8, 4) is 17.2 Å². The lowest BCUT2D eigenvalue weighted by atomic mass is 9.99. The number of hydrogen-bond donors (Lipinski definition) is 4. The first-order valence-corrected chi connectivity index (χ1v) is 10.7. The first kappa shape index (κ1) is 27.7. The molecule has 1 heterocycles. The molecule has 0 aromatic heterocycles. The van der Waals surface area contributed by atoms with E-state index in [0.717, 1.165) is 11.1 Å². The predicted octanol–water partition coefficient (Wildman–Crippen LogP) is 3.93. The number of carbonyl (C=O) groups is 1. The third kappa shape index (κ3) is 8.59. The number of ether oxygens (including phenoxy) is 2. The third-order valence-corrected chi connectivity index (χ3v) is 4.30. The molecule has 0 saturated carbocycles. The maximum Gasteiger partial charge on any atom is 0.279 e. The second kappa shape index (κ2) is 13.2. The van der Waals surface area contributed by atoms with Crippen LogP contribution in [0.4, 0.5) is 0 Å². The van der Waals surface area contributed by atoms with Crippen molar-refractivity contribution in [2.75, 3.05) is 13.8 Å². The molecule has 0 aliphatic carbocycles. The van der Waals surface area contributed by atoms with E-state index in [1.807, 2.05) is 58.9 Å². The molecule has 5 N–H and O–H groups in total. The van der Waals surface area contributed by atoms with Gasteiger partial charge in [-0.2, -0.15) is 4.99 Å². The molecular formula is C25H37N3O5. The summed E-state index contributed by atoms with van der Waals surface area (Å²) in [5.74, 6) is 1.58. The Kier molecular flexibility index (Phi) is 11.1. The standard InChI is InChI=1S/C22H25N3O3.C2H6.CH4O2.H2/c1-14-5-7-16(8-6-14)27-18-11-15(21(26)25-20(23)9-10-24-4)12-19-17(18)13-22(2,3)28-19;1-2;2-1-3;/h5-12,24H,13H2,1-4H3,(H2,23,25,26);1-2H3;2-3H,1H2;1H/b10-9-;;;. The van der Waals surface area contributed by atoms with E-state index in [-0.39, 0.29) is 12.9 Å². The normalized spacial score (nSPS) is 13.6. The fourth-order valence-corrected chi connectivity index (χ4v) is 2.98. The van der Waals surface area contributed by atoms with E-state index in [1.165, 1.54) is 6.08 Å². The van der Waals surface area contributed by atoms with Crippen LogP contribution in [0.1, 0.15) is 50.6 Å². The minimum atomic E-state index is -0.750. The summed E-state index contributed by atoms with van der Waals surface area (Å²) in [5, 5.41) is 17.1. The zero-order valence-electron chi connectivity index (χ0n) is 20.2. The summed E-state index contributed by atoms with van der Waals surface area (Å²) in [6, 6.07) is 11.2. The minimum absolute atomic E-state index is 0. The predicted molar refractivity (Wildman–Crippen MR) is 133 cm³/mol. The Labute approximate surface area is 197 Å². The van der Waals surface area contributed by atoms with Crippen LogP contribution in [0.15, 0.2) is 53.7 Å². The number of nitrogens with two attached hydrogens (primary N) is 1. The maximum atomic E-state index is 12.6. The van der Waals surface area contributed by atoms with Crippen molar-refractivity contribution < 1.29 is 25.9 Å². The average Bonchev–Trinajstić information content (AvgIpc) is 3.10. The number of aliphatic hydroxyl groups excluding tert-OH is 1. The number of carbonyl (C=O) groups excluding carboxylic acids is 1. The van der Waals surface area contributed by atoms with Crippen molar-refractivity contribution in [2.45, 2.75) is 46.6 Å². The van der Waals surface area contributed by atoms with Crippen LogP contribution >= 0.6 is 0 Å². The molecule has 182 valence electrons. The smallest absolute Gasteiger partial charge is 0.279 e. The molecule has 8 heteroatoms. The van der Waals surface area contributed by atoms with E-state index in [9.17, 15) is 4.79 Å². The second-order valence-corrected chi connectivity index (χ2v) is 7.51. The number of rotatable bonds is 5. The van der Waals surface area contributed by atoms with Crippen molar-refractivity contribution in [3.05, 3.63) is 65.4 Å². The SMILES string of the molecule is CC.CN/C=C\C(N)=NC(=O)c1cc(Oc2ccc(C)cc2)c2c(c1)OC(C)(C)C2.OCO.[HH]. The molecule has 1 aliphatic rings. The number of nitrogens with one attached hydrogen (secondary N) is 1. The lowest BCUT2D eigenvalue weighted by Crippen LogP contribution is -2.24. The van der Waals surface area contributed by atoms with Gasteiger partial charge in [0.1, 0.15) is 35.5 Å². The number of aryl methyl sites for hydroxylation is 1. The molecule has 8 nitrogen and oxygen atoms in total. The quantitative estimate of drug-likeness (QED) is 0.303. The molecule has 0 saturated heterocycles. The Hall–Kier alpha value is -3.36. The van der Waals surface area contributed by atoms with E-state index in [4.69, 9.17) is 25.4 Å². The molecular weight excluding hydrogens is 422 g/mol. The fourth-order valence-electron chi connectivity index (χ4n) is 2.98. The second-order valence-electron chi connectivity index (χ2n) is 7.51. The van der Waals surface area contributed by atoms with Crippen molar-refractivity contribution >= 4 is 11.7 Å². The van der Waals surface area contributed by atoms with Crippen LogP contribution < -0.4 is 20.5 Å². The lowest BCUT2D eigenvalue weighted by molar-refractivity contribution is 0.0773. The van der Waals surface area contributed by atoms with Gasteiger partial charge < -0.3 is 30.7 Å². The highest BCUT2D eigenvalue weighted by atomic mass is 16.5. The van der Waals surface area contributed by atoms with Gasteiger partial charge in [-0.25, -0.2) is 0 Å². The van der Waals surface area contributed by atoms with Crippen LogP contribution in [0.2, 0.25) is 0 Å². The van der Waals surface area contributed by atoms with Gasteiger partial charge in [0.15, 0.2) is 0 Å². The van der Waals surface area contributed by atoms with Crippen LogP contribution in [0.25, 0.3) is 0 Å². The summed E-state index contributed by atoms with van der Waals surface area (Å²) in [6.07, 6.45) is 3.81. The number of amidine groups is 1. The summed E-state index contributed by atoms with van der Waals surface area (Å²) >= 11 is 0. The van der Waals surface area contributed by atoms with Crippen molar-refractivity contribution in [3.63, 3.8) is 0 Å². The van der Waals surface area contributed by atoms with Gasteiger partial charge in [-0.05, 0) is 57.3 Å². The molecule has 0 atom stereocenters. The van der Waals surface area contributed by atoms with Crippen molar-refractivity contribution in [2.24, 2.45) is 10.7 Å². The van der Waals surface area contributed by atoms with Crippen molar-refractivity contribution in [1.29, 1.82) is 0 Å². The molecule has 0 bridgehead atoms. The van der Waals surface area contributed by atoms with E-state index in [0.29, 0.717) is 29.2 Å². The first-order chi connectivity index (χ1) is 15.7. The molecule has 0 fully saturated rings. The van der Waals surface area contributed by atoms with Gasteiger partial charge >= 0.3 is 0 Å². The van der Waals surface area contributed by atoms with Gasteiger partial charge in [-0.3, -0.25) is 4.79 Å². The van der Waals surface area contributed by atoms with Gasteiger partial charge in [0.2, 0.25) is 0 Å². The summed E-state index contributed by atoms with van der Waals surface area (Å²) in [7, 11) is 1.74. The van der Waals surface area contributed by atoms with E-state index in [1.54, 1.807) is 25.4 Å². The van der Waals surface area contributed by atoms with Crippen LogP contribution in [-0.4, -0.2) is 41.4 Å². The molecule has 3 rings (SSSR count). The van der Waals surface area contributed by atoms with Crippen molar-refractivity contribution in [1.82, 2.24) is 5.32 Å². The zero-order valence-corrected chi connectivity index (χ0v) is 20.2. The molecule has 0 radical (unpaired) electrons.